The standard InChI is InChI=1S/C41H65NO11/c1-10-25-12-11-13-33(53-35-15-14-31(42(5)6)22(3)49-35)21(2)37(45)30-19-28-27-18-26(16-24(27)17-32(43)36(28)29(30)20-34(44)51-25)52-41-40(48-9)39(47-8)38(46-7)23(4)50-41/h19,21-29,31,33,35-36,38-41H,10-18,20H2,1-9H3/t21-,22?,23?,24+,25+,26-,27-,28+,29-,31+,33+,35+,36-,38+,39?,40?,41+/m1/s1. The van der Waals surface area contributed by atoms with E-state index < -0.39 is 36.4 Å². The van der Waals surface area contributed by atoms with Gasteiger partial charge in [-0.25, -0.2) is 0 Å². The minimum absolute atomic E-state index is 0.00486. The molecule has 6 aliphatic rings. The molecule has 0 radical (unpaired) electrons. The van der Waals surface area contributed by atoms with Crippen LogP contribution in [0.3, 0.4) is 0 Å². The van der Waals surface area contributed by atoms with E-state index in [1.165, 1.54) is 0 Å². The minimum atomic E-state index is -0.662. The average Bonchev–Trinajstić information content (AvgIpc) is 3.70. The normalized spacial score (nSPS) is 45.4. The number of likely N-dealkylation sites (N-methyl/N-ethyl adjacent to an activating group) is 1. The first-order valence-corrected chi connectivity index (χ1v) is 20.2. The molecule has 3 aliphatic heterocycles. The smallest absolute Gasteiger partial charge is 0.306 e. The van der Waals surface area contributed by atoms with Gasteiger partial charge in [-0.15, -0.1) is 0 Å². The molecule has 3 heterocycles. The third-order valence-electron chi connectivity index (χ3n) is 13.5. The van der Waals surface area contributed by atoms with E-state index in [-0.39, 0.29) is 84.4 Å². The van der Waals surface area contributed by atoms with Crippen molar-refractivity contribution in [2.24, 2.45) is 35.5 Å². The van der Waals surface area contributed by atoms with Gasteiger partial charge in [0.25, 0.3) is 0 Å². The molecular weight excluding hydrogens is 682 g/mol. The first kappa shape index (κ1) is 40.9. The lowest BCUT2D eigenvalue weighted by Gasteiger charge is -2.44. The maximum absolute atomic E-state index is 14.7. The number of cyclic esters (lactones) is 1. The number of Topliss-reactive ketones (excluding diaryl/α,β-unsaturated/α-hetero) is 2. The van der Waals surface area contributed by atoms with Crippen molar-refractivity contribution in [1.29, 1.82) is 0 Å². The van der Waals surface area contributed by atoms with Crippen molar-refractivity contribution >= 4 is 17.5 Å². The zero-order chi connectivity index (χ0) is 38.1. The van der Waals surface area contributed by atoms with Gasteiger partial charge in [0.2, 0.25) is 0 Å². The molecule has 300 valence electrons. The number of carbonyl (C=O) groups is 3. The van der Waals surface area contributed by atoms with Gasteiger partial charge in [-0.1, -0.05) is 19.9 Å². The number of ketones is 2. The average molecular weight is 748 g/mol. The van der Waals surface area contributed by atoms with Crippen LogP contribution in [-0.4, -0.2) is 125 Å². The highest BCUT2D eigenvalue weighted by Gasteiger charge is 2.56. The molecule has 0 N–H and O–H groups in total. The molecule has 0 bridgehead atoms. The van der Waals surface area contributed by atoms with Gasteiger partial charge in [-0.3, -0.25) is 14.4 Å². The number of fused-ring (bicyclic) bond motifs is 5. The Bertz CT molecular complexity index is 1320. The van der Waals surface area contributed by atoms with E-state index in [0.29, 0.717) is 50.1 Å². The number of hydrogen-bond donors (Lipinski definition) is 0. The van der Waals surface area contributed by atoms with Crippen LogP contribution in [0.2, 0.25) is 0 Å². The van der Waals surface area contributed by atoms with E-state index >= 15 is 0 Å². The molecule has 5 fully saturated rings. The fourth-order valence-electron chi connectivity index (χ4n) is 10.7. The number of ether oxygens (including phenoxy) is 8. The Balaban J connectivity index is 1.23. The summed E-state index contributed by atoms with van der Waals surface area (Å²) in [4.78, 5) is 44.5. The molecule has 0 amide bonds. The second-order valence-electron chi connectivity index (χ2n) is 16.8. The minimum Gasteiger partial charge on any atom is -0.462 e. The van der Waals surface area contributed by atoms with E-state index in [0.717, 1.165) is 19.3 Å². The summed E-state index contributed by atoms with van der Waals surface area (Å²) in [5, 5.41) is 0. The number of methoxy groups -OCH3 is 3. The fourth-order valence-corrected chi connectivity index (χ4v) is 10.7. The summed E-state index contributed by atoms with van der Waals surface area (Å²) >= 11 is 0. The summed E-state index contributed by atoms with van der Waals surface area (Å²) < 4.78 is 49.3. The fraction of sp³-hybridized carbons (Fsp3) is 0.878. The predicted octanol–water partition coefficient (Wildman–Crippen LogP) is 4.89. The Hall–Kier alpha value is -1.77. The Morgan fingerprint density at radius 3 is 2.23 bits per heavy atom. The van der Waals surface area contributed by atoms with E-state index in [1.807, 2.05) is 20.8 Å². The summed E-state index contributed by atoms with van der Waals surface area (Å²) in [6.45, 7) is 8.00. The van der Waals surface area contributed by atoms with Gasteiger partial charge in [0.15, 0.2) is 18.4 Å². The number of esters is 1. The molecule has 12 heteroatoms. The first-order valence-electron chi connectivity index (χ1n) is 20.2. The third-order valence-corrected chi connectivity index (χ3v) is 13.5. The first-order chi connectivity index (χ1) is 25.4. The highest BCUT2D eigenvalue weighted by atomic mass is 16.7. The van der Waals surface area contributed by atoms with E-state index in [1.54, 1.807) is 21.3 Å². The molecule has 17 atom stereocenters. The van der Waals surface area contributed by atoms with Crippen molar-refractivity contribution in [3.8, 4) is 0 Å². The summed E-state index contributed by atoms with van der Waals surface area (Å²) in [5.74, 6) is -1.60. The zero-order valence-corrected chi connectivity index (χ0v) is 33.4. The van der Waals surface area contributed by atoms with E-state index in [4.69, 9.17) is 37.9 Å². The second-order valence-corrected chi connectivity index (χ2v) is 16.8. The molecule has 2 saturated carbocycles. The largest absolute Gasteiger partial charge is 0.462 e. The predicted molar refractivity (Wildman–Crippen MR) is 195 cm³/mol. The lowest BCUT2D eigenvalue weighted by Crippen LogP contribution is -2.59. The Labute approximate surface area is 316 Å². The number of rotatable bonds is 9. The van der Waals surface area contributed by atoms with Gasteiger partial charge < -0.3 is 42.8 Å². The quantitative estimate of drug-likeness (QED) is 0.298. The molecule has 4 unspecified atom stereocenters. The Morgan fingerprint density at radius 2 is 1.57 bits per heavy atom. The summed E-state index contributed by atoms with van der Waals surface area (Å²) in [5.41, 5.74) is 0.591. The highest BCUT2D eigenvalue weighted by molar-refractivity contribution is 6.01. The molecule has 0 aromatic rings. The molecule has 53 heavy (non-hydrogen) atoms. The summed E-state index contributed by atoms with van der Waals surface area (Å²) in [6.07, 6.45) is 5.18. The van der Waals surface area contributed by atoms with Crippen molar-refractivity contribution in [3.05, 3.63) is 11.6 Å². The molecule has 12 nitrogen and oxygen atoms in total. The van der Waals surface area contributed by atoms with E-state index in [2.05, 4.69) is 32.0 Å². The van der Waals surface area contributed by atoms with Crippen LogP contribution < -0.4 is 0 Å². The molecule has 3 saturated heterocycles. The lowest BCUT2D eigenvalue weighted by atomic mass is 9.65. The van der Waals surface area contributed by atoms with Crippen molar-refractivity contribution in [1.82, 2.24) is 4.90 Å². The van der Waals surface area contributed by atoms with Gasteiger partial charge in [0.1, 0.15) is 30.2 Å². The van der Waals surface area contributed by atoms with Crippen LogP contribution in [0.1, 0.15) is 91.9 Å². The van der Waals surface area contributed by atoms with Crippen LogP contribution in [-0.2, 0) is 52.3 Å². The third kappa shape index (κ3) is 8.50. The van der Waals surface area contributed by atoms with Crippen LogP contribution in [0.15, 0.2) is 11.6 Å². The topological polar surface area (TPSA) is 128 Å². The van der Waals surface area contributed by atoms with Gasteiger partial charge >= 0.3 is 5.97 Å². The molecular formula is C41H65NO11. The lowest BCUT2D eigenvalue weighted by molar-refractivity contribution is -0.314. The number of hydrogen-bond acceptors (Lipinski definition) is 12. The van der Waals surface area contributed by atoms with Crippen LogP contribution >= 0.6 is 0 Å². The van der Waals surface area contributed by atoms with Crippen molar-refractivity contribution in [3.63, 3.8) is 0 Å². The molecule has 6 rings (SSSR count). The van der Waals surface area contributed by atoms with Crippen molar-refractivity contribution < 1.29 is 52.3 Å². The Morgan fingerprint density at radius 1 is 0.830 bits per heavy atom. The molecule has 0 aromatic heterocycles. The highest BCUT2D eigenvalue weighted by Crippen LogP contribution is 2.55. The maximum atomic E-state index is 14.7. The van der Waals surface area contributed by atoms with Crippen LogP contribution in [0.4, 0.5) is 0 Å². The van der Waals surface area contributed by atoms with Crippen LogP contribution in [0.5, 0.6) is 0 Å². The van der Waals surface area contributed by atoms with Gasteiger partial charge in [-0.2, -0.15) is 0 Å². The zero-order valence-electron chi connectivity index (χ0n) is 33.4. The Kier molecular flexibility index (Phi) is 13.6. The summed E-state index contributed by atoms with van der Waals surface area (Å²) in [6, 6.07) is 0.311. The number of carbonyl (C=O) groups excluding carboxylic acids is 3. The van der Waals surface area contributed by atoms with Gasteiger partial charge in [0, 0.05) is 51.5 Å². The SMILES string of the molecule is CC[C@H]1CCC[C@H](O[C@H]2CC[C@H](N(C)C)C(C)O2)[C@@H](C)C(=O)C2=C[C@H]3[C@@H]4C[C@H](O[C@@H]5OC(C)[C@H](OC)C(OC)C5OC)C[C@H]4CC(=O)[C@H]3[C@@H]2CC(=O)O1. The van der Waals surface area contributed by atoms with Crippen molar-refractivity contribution in [2.75, 3.05) is 35.4 Å². The number of allylic oxidation sites excluding steroid dienone is 2. The van der Waals surface area contributed by atoms with Gasteiger partial charge in [0.05, 0.1) is 30.8 Å². The van der Waals surface area contributed by atoms with Gasteiger partial charge in [-0.05, 0) is 103 Å². The number of nitrogens with zero attached hydrogens (tertiary/aromatic N) is 1. The van der Waals surface area contributed by atoms with Crippen molar-refractivity contribution in [2.45, 2.75) is 159 Å². The van der Waals surface area contributed by atoms with E-state index in [9.17, 15) is 14.4 Å². The van der Waals surface area contributed by atoms with Crippen LogP contribution in [0, 0.1) is 35.5 Å². The second kappa shape index (κ2) is 17.6. The molecule has 0 spiro atoms. The van der Waals surface area contributed by atoms with Crippen LogP contribution in [0.25, 0.3) is 0 Å². The maximum Gasteiger partial charge on any atom is 0.306 e. The molecule has 3 aliphatic carbocycles. The monoisotopic (exact) mass is 747 g/mol. The molecule has 0 aromatic carbocycles. The summed E-state index contributed by atoms with van der Waals surface area (Å²) in [7, 11) is 9.03.